The summed E-state index contributed by atoms with van der Waals surface area (Å²) in [7, 11) is 0. The summed E-state index contributed by atoms with van der Waals surface area (Å²) in [5.74, 6) is -0.152. The molecule has 0 saturated heterocycles. The molecule has 0 unspecified atom stereocenters. The van der Waals surface area contributed by atoms with Crippen molar-refractivity contribution in [1.29, 1.82) is 0 Å². The molecule has 1 amide bonds. The van der Waals surface area contributed by atoms with E-state index in [1.54, 1.807) is 0 Å². The molecule has 15 heavy (non-hydrogen) atoms. The fourth-order valence-corrected chi connectivity index (χ4v) is 1.25. The molecule has 1 aromatic rings. The SMILES string of the molecule is C=CC(=O)NCc1ccc(CCN)cc1. The van der Waals surface area contributed by atoms with Crippen molar-refractivity contribution >= 4 is 5.91 Å². The third kappa shape index (κ3) is 3.95. The van der Waals surface area contributed by atoms with Gasteiger partial charge in [-0.15, -0.1) is 0 Å². The Balaban J connectivity index is 2.49. The molecule has 0 heterocycles. The summed E-state index contributed by atoms with van der Waals surface area (Å²) in [5, 5.41) is 2.72. The molecule has 0 aromatic heterocycles. The zero-order valence-electron chi connectivity index (χ0n) is 8.70. The third-order valence-corrected chi connectivity index (χ3v) is 2.11. The van der Waals surface area contributed by atoms with Crippen LogP contribution >= 0.6 is 0 Å². The van der Waals surface area contributed by atoms with E-state index < -0.39 is 0 Å². The molecule has 0 aliphatic heterocycles. The Morgan fingerprint density at radius 1 is 1.33 bits per heavy atom. The molecular weight excluding hydrogens is 188 g/mol. The van der Waals surface area contributed by atoms with Crippen molar-refractivity contribution in [3.05, 3.63) is 48.0 Å². The molecule has 0 aliphatic rings. The van der Waals surface area contributed by atoms with Crippen LogP contribution in [0.4, 0.5) is 0 Å². The number of benzene rings is 1. The van der Waals surface area contributed by atoms with E-state index in [4.69, 9.17) is 5.73 Å². The van der Waals surface area contributed by atoms with Gasteiger partial charge in [0.15, 0.2) is 0 Å². The first-order valence-electron chi connectivity index (χ1n) is 4.94. The number of carbonyl (C=O) groups excluding carboxylic acids is 1. The lowest BCUT2D eigenvalue weighted by Crippen LogP contribution is -2.19. The van der Waals surface area contributed by atoms with Gasteiger partial charge in [-0.05, 0) is 30.2 Å². The minimum atomic E-state index is -0.152. The van der Waals surface area contributed by atoms with E-state index in [9.17, 15) is 4.79 Å². The lowest BCUT2D eigenvalue weighted by molar-refractivity contribution is -0.116. The van der Waals surface area contributed by atoms with E-state index in [0.717, 1.165) is 12.0 Å². The number of nitrogens with two attached hydrogens (primary N) is 1. The molecule has 0 bridgehead atoms. The van der Waals surface area contributed by atoms with Gasteiger partial charge in [0.1, 0.15) is 0 Å². The maximum Gasteiger partial charge on any atom is 0.243 e. The molecule has 0 spiro atoms. The average Bonchev–Trinajstić information content (AvgIpc) is 2.28. The van der Waals surface area contributed by atoms with Crippen LogP contribution in [0.3, 0.4) is 0 Å². The Bertz CT molecular complexity index is 330. The predicted molar refractivity (Wildman–Crippen MR) is 61.2 cm³/mol. The van der Waals surface area contributed by atoms with Crippen molar-refractivity contribution < 1.29 is 4.79 Å². The fourth-order valence-electron chi connectivity index (χ4n) is 1.25. The number of carbonyl (C=O) groups is 1. The van der Waals surface area contributed by atoms with Crippen LogP contribution in [-0.2, 0) is 17.8 Å². The topological polar surface area (TPSA) is 55.1 Å². The highest BCUT2D eigenvalue weighted by Gasteiger charge is 1.96. The highest BCUT2D eigenvalue weighted by Crippen LogP contribution is 2.04. The third-order valence-electron chi connectivity index (χ3n) is 2.11. The summed E-state index contributed by atoms with van der Waals surface area (Å²) in [5.41, 5.74) is 7.74. The highest BCUT2D eigenvalue weighted by molar-refractivity contribution is 5.86. The van der Waals surface area contributed by atoms with Crippen molar-refractivity contribution in [2.45, 2.75) is 13.0 Å². The normalized spacial score (nSPS) is 9.67. The highest BCUT2D eigenvalue weighted by atomic mass is 16.1. The molecule has 80 valence electrons. The summed E-state index contributed by atoms with van der Waals surface area (Å²) >= 11 is 0. The summed E-state index contributed by atoms with van der Waals surface area (Å²) in [4.78, 5) is 10.9. The molecule has 3 N–H and O–H groups in total. The quantitative estimate of drug-likeness (QED) is 0.703. The zero-order valence-corrected chi connectivity index (χ0v) is 8.70. The molecule has 1 rings (SSSR count). The summed E-state index contributed by atoms with van der Waals surface area (Å²) in [6, 6.07) is 8.05. The van der Waals surface area contributed by atoms with Gasteiger partial charge in [-0.2, -0.15) is 0 Å². The van der Waals surface area contributed by atoms with Crippen LogP contribution in [0.25, 0.3) is 0 Å². The Morgan fingerprint density at radius 2 is 1.93 bits per heavy atom. The lowest BCUT2D eigenvalue weighted by atomic mass is 10.1. The van der Waals surface area contributed by atoms with E-state index in [0.29, 0.717) is 13.1 Å². The second kappa shape index (κ2) is 5.98. The van der Waals surface area contributed by atoms with E-state index >= 15 is 0 Å². The van der Waals surface area contributed by atoms with Crippen molar-refractivity contribution in [2.24, 2.45) is 5.73 Å². The van der Waals surface area contributed by atoms with E-state index in [-0.39, 0.29) is 5.91 Å². The second-order valence-electron chi connectivity index (χ2n) is 3.28. The maximum atomic E-state index is 10.9. The van der Waals surface area contributed by atoms with Crippen LogP contribution in [-0.4, -0.2) is 12.5 Å². The van der Waals surface area contributed by atoms with Crippen LogP contribution < -0.4 is 11.1 Å². The number of hydrogen-bond acceptors (Lipinski definition) is 2. The van der Waals surface area contributed by atoms with Gasteiger partial charge < -0.3 is 11.1 Å². The van der Waals surface area contributed by atoms with Crippen molar-refractivity contribution in [3.63, 3.8) is 0 Å². The van der Waals surface area contributed by atoms with E-state index in [1.807, 2.05) is 24.3 Å². The molecule has 0 aliphatic carbocycles. The van der Waals surface area contributed by atoms with Crippen LogP contribution in [0.15, 0.2) is 36.9 Å². The van der Waals surface area contributed by atoms with Crippen molar-refractivity contribution in [1.82, 2.24) is 5.32 Å². The molecule has 0 fully saturated rings. The van der Waals surface area contributed by atoms with Gasteiger partial charge in [0.05, 0.1) is 0 Å². The largest absolute Gasteiger partial charge is 0.348 e. The van der Waals surface area contributed by atoms with Crippen molar-refractivity contribution in [2.75, 3.05) is 6.54 Å². The zero-order chi connectivity index (χ0) is 11.1. The number of rotatable bonds is 5. The Hall–Kier alpha value is -1.61. The van der Waals surface area contributed by atoms with E-state index in [1.165, 1.54) is 11.6 Å². The van der Waals surface area contributed by atoms with Crippen LogP contribution in [0.2, 0.25) is 0 Å². The smallest absolute Gasteiger partial charge is 0.243 e. The molecule has 0 radical (unpaired) electrons. The van der Waals surface area contributed by atoms with Gasteiger partial charge in [-0.3, -0.25) is 4.79 Å². The number of amides is 1. The molecule has 0 saturated carbocycles. The molecule has 3 heteroatoms. The number of hydrogen-bond donors (Lipinski definition) is 2. The van der Waals surface area contributed by atoms with Crippen LogP contribution in [0.1, 0.15) is 11.1 Å². The fraction of sp³-hybridized carbons (Fsp3) is 0.250. The van der Waals surface area contributed by atoms with Gasteiger partial charge in [0.25, 0.3) is 0 Å². The Morgan fingerprint density at radius 3 is 2.47 bits per heavy atom. The average molecular weight is 204 g/mol. The predicted octanol–water partition coefficient (Wildman–Crippen LogP) is 0.990. The summed E-state index contributed by atoms with van der Waals surface area (Å²) in [6.07, 6.45) is 2.15. The summed E-state index contributed by atoms with van der Waals surface area (Å²) in [6.45, 7) is 4.58. The molecule has 1 aromatic carbocycles. The summed E-state index contributed by atoms with van der Waals surface area (Å²) < 4.78 is 0. The Kier molecular flexibility index (Phi) is 4.57. The van der Waals surface area contributed by atoms with Gasteiger partial charge in [-0.1, -0.05) is 30.8 Å². The van der Waals surface area contributed by atoms with Gasteiger partial charge in [0.2, 0.25) is 5.91 Å². The Labute approximate surface area is 90.0 Å². The van der Waals surface area contributed by atoms with E-state index in [2.05, 4.69) is 11.9 Å². The monoisotopic (exact) mass is 204 g/mol. The standard InChI is InChI=1S/C12H16N2O/c1-2-12(15)14-9-11-5-3-10(4-6-11)7-8-13/h2-6H,1,7-9,13H2,(H,14,15). The minimum Gasteiger partial charge on any atom is -0.348 e. The van der Waals surface area contributed by atoms with Crippen LogP contribution in [0.5, 0.6) is 0 Å². The van der Waals surface area contributed by atoms with Gasteiger partial charge in [0, 0.05) is 6.54 Å². The molecular formula is C12H16N2O. The van der Waals surface area contributed by atoms with Gasteiger partial charge in [-0.25, -0.2) is 0 Å². The first kappa shape index (κ1) is 11.5. The molecule has 3 nitrogen and oxygen atoms in total. The van der Waals surface area contributed by atoms with Crippen molar-refractivity contribution in [3.8, 4) is 0 Å². The first-order valence-corrected chi connectivity index (χ1v) is 4.94. The minimum absolute atomic E-state index is 0.152. The first-order chi connectivity index (χ1) is 7.26. The van der Waals surface area contributed by atoms with Crippen LogP contribution in [0, 0.1) is 0 Å². The lowest BCUT2D eigenvalue weighted by Gasteiger charge is -2.04. The second-order valence-corrected chi connectivity index (χ2v) is 3.28. The molecule has 0 atom stereocenters. The number of nitrogens with one attached hydrogen (secondary N) is 1. The van der Waals surface area contributed by atoms with Gasteiger partial charge >= 0.3 is 0 Å². The maximum absolute atomic E-state index is 10.9.